The minimum absolute atomic E-state index is 0.318. The quantitative estimate of drug-likeness (QED) is 0.842. The van der Waals surface area contributed by atoms with Crippen LogP contribution in [0.3, 0.4) is 0 Å². The summed E-state index contributed by atoms with van der Waals surface area (Å²) < 4.78 is 5.03. The van der Waals surface area contributed by atoms with Crippen molar-refractivity contribution in [1.29, 1.82) is 0 Å². The van der Waals surface area contributed by atoms with Crippen LogP contribution in [0.25, 0.3) is 11.1 Å². The maximum absolute atomic E-state index is 11.5. The molecule has 1 saturated heterocycles. The molecule has 1 aromatic heterocycles. The number of thiophene rings is 1. The first-order valence-electron chi connectivity index (χ1n) is 8.36. The van der Waals surface area contributed by atoms with Crippen LogP contribution in [0.15, 0.2) is 24.3 Å². The molecule has 1 aliphatic carbocycles. The molecule has 24 heavy (non-hydrogen) atoms. The number of alkyl carbamates (subject to hydrolysis) is 1. The van der Waals surface area contributed by atoms with Crippen molar-refractivity contribution in [2.45, 2.75) is 31.6 Å². The van der Waals surface area contributed by atoms with Gasteiger partial charge in [0.15, 0.2) is 6.29 Å². The number of cyclic esters (lactones) is 1. The molecule has 0 radical (unpaired) electrons. The molecule has 2 aliphatic rings. The average molecular weight is 341 g/mol. The van der Waals surface area contributed by atoms with Crippen LogP contribution in [-0.2, 0) is 17.6 Å². The van der Waals surface area contributed by atoms with Crippen LogP contribution in [0.2, 0.25) is 0 Å². The van der Waals surface area contributed by atoms with E-state index in [1.54, 1.807) is 11.3 Å². The molecule has 124 valence electrons. The van der Waals surface area contributed by atoms with E-state index in [2.05, 4.69) is 23.5 Å². The number of ether oxygens (including phenoxy) is 1. The summed E-state index contributed by atoms with van der Waals surface area (Å²) in [5.41, 5.74) is 5.10. The van der Waals surface area contributed by atoms with Gasteiger partial charge in [-0.25, -0.2) is 4.79 Å². The van der Waals surface area contributed by atoms with Crippen molar-refractivity contribution in [3.05, 3.63) is 45.1 Å². The number of nitrogens with one attached hydrogen (secondary N) is 1. The molecule has 1 amide bonds. The first kappa shape index (κ1) is 15.4. The molecule has 1 fully saturated rings. The molecule has 5 heteroatoms. The summed E-state index contributed by atoms with van der Waals surface area (Å²) in [4.78, 5) is 24.6. The van der Waals surface area contributed by atoms with Gasteiger partial charge in [0, 0.05) is 17.3 Å². The van der Waals surface area contributed by atoms with E-state index < -0.39 is 0 Å². The summed E-state index contributed by atoms with van der Waals surface area (Å²) in [6, 6.07) is 8.65. The monoisotopic (exact) mass is 341 g/mol. The van der Waals surface area contributed by atoms with Gasteiger partial charge in [-0.05, 0) is 54.0 Å². The minimum atomic E-state index is -0.318. The van der Waals surface area contributed by atoms with Gasteiger partial charge in [-0.3, -0.25) is 4.79 Å². The Morgan fingerprint density at radius 1 is 1.21 bits per heavy atom. The smallest absolute Gasteiger partial charge is 0.407 e. The Balaban J connectivity index is 1.64. The van der Waals surface area contributed by atoms with E-state index in [9.17, 15) is 9.59 Å². The van der Waals surface area contributed by atoms with Crippen LogP contribution < -0.4 is 5.32 Å². The van der Waals surface area contributed by atoms with E-state index in [1.165, 1.54) is 27.1 Å². The van der Waals surface area contributed by atoms with Crippen molar-refractivity contribution >= 4 is 23.7 Å². The number of benzene rings is 1. The van der Waals surface area contributed by atoms with Crippen LogP contribution in [0.5, 0.6) is 0 Å². The zero-order chi connectivity index (χ0) is 16.5. The molecular formula is C19H19NO3S. The van der Waals surface area contributed by atoms with Crippen LogP contribution in [0.1, 0.15) is 44.4 Å². The zero-order valence-electron chi connectivity index (χ0n) is 13.3. The van der Waals surface area contributed by atoms with E-state index in [1.807, 2.05) is 6.07 Å². The lowest BCUT2D eigenvalue weighted by Gasteiger charge is -2.23. The fraction of sp³-hybridized carbons (Fsp3) is 0.368. The van der Waals surface area contributed by atoms with Crippen LogP contribution >= 0.6 is 11.3 Å². The maximum atomic E-state index is 11.5. The third-order valence-corrected chi connectivity index (χ3v) is 6.00. The summed E-state index contributed by atoms with van der Waals surface area (Å²) in [5, 5.41) is 2.84. The van der Waals surface area contributed by atoms with Crippen molar-refractivity contribution < 1.29 is 14.3 Å². The van der Waals surface area contributed by atoms with Crippen molar-refractivity contribution in [2.24, 2.45) is 0 Å². The van der Waals surface area contributed by atoms with Gasteiger partial charge in [-0.1, -0.05) is 18.2 Å². The van der Waals surface area contributed by atoms with E-state index in [4.69, 9.17) is 4.74 Å². The van der Waals surface area contributed by atoms with Gasteiger partial charge in [0.25, 0.3) is 0 Å². The summed E-state index contributed by atoms with van der Waals surface area (Å²) in [6.07, 6.45) is 4.54. The van der Waals surface area contributed by atoms with E-state index in [0.717, 1.165) is 36.8 Å². The van der Waals surface area contributed by atoms with Gasteiger partial charge in [0.1, 0.15) is 0 Å². The number of carbonyl (C=O) groups excluding carboxylic acids is 2. The number of hydrogen-bond donors (Lipinski definition) is 1. The fourth-order valence-electron chi connectivity index (χ4n) is 3.65. The Bertz CT molecular complexity index is 796. The Hall–Kier alpha value is -2.14. The third kappa shape index (κ3) is 2.84. The van der Waals surface area contributed by atoms with Crippen LogP contribution in [0, 0.1) is 0 Å². The molecule has 0 saturated carbocycles. The lowest BCUT2D eigenvalue weighted by atomic mass is 9.85. The van der Waals surface area contributed by atoms with Gasteiger partial charge >= 0.3 is 6.09 Å². The molecule has 2 aromatic rings. The molecule has 4 rings (SSSR count). The first-order chi connectivity index (χ1) is 11.7. The summed E-state index contributed by atoms with van der Waals surface area (Å²) in [5.74, 6) is 0.331. The number of aldehydes is 1. The van der Waals surface area contributed by atoms with E-state index >= 15 is 0 Å². The third-order valence-electron chi connectivity index (χ3n) is 4.88. The molecule has 0 bridgehead atoms. The summed E-state index contributed by atoms with van der Waals surface area (Å²) in [6.45, 7) is 1.11. The highest BCUT2D eigenvalue weighted by molar-refractivity contribution is 7.14. The Labute approximate surface area is 144 Å². The second kappa shape index (κ2) is 6.40. The largest absolute Gasteiger partial charge is 0.450 e. The normalized spacial score (nSPS) is 20.0. The van der Waals surface area contributed by atoms with Gasteiger partial charge < -0.3 is 10.1 Å². The standard InChI is InChI=1S/C19H19NO3S/c21-11-15-9-17-16-5-3-12(8-13(16)4-6-18(17)24-15)14-2-1-7-23-19(22)20-10-14/h3,5,8-9,11,14H,1-2,4,6-7,10H2,(H,20,22)/t14-/m0/s1. The number of fused-ring (bicyclic) bond motifs is 3. The summed E-state index contributed by atoms with van der Waals surface area (Å²) >= 11 is 1.61. The van der Waals surface area contributed by atoms with E-state index in [0.29, 0.717) is 19.1 Å². The van der Waals surface area contributed by atoms with Gasteiger partial charge in [0.2, 0.25) is 0 Å². The molecular weight excluding hydrogens is 322 g/mol. The van der Waals surface area contributed by atoms with Crippen molar-refractivity contribution in [2.75, 3.05) is 13.2 Å². The molecule has 0 spiro atoms. The van der Waals surface area contributed by atoms with Crippen molar-refractivity contribution in [1.82, 2.24) is 5.32 Å². The molecule has 1 aliphatic heterocycles. The molecule has 1 atom stereocenters. The van der Waals surface area contributed by atoms with Gasteiger partial charge in [-0.15, -0.1) is 11.3 Å². The molecule has 1 aromatic carbocycles. The zero-order valence-corrected chi connectivity index (χ0v) is 14.2. The molecule has 2 heterocycles. The summed E-state index contributed by atoms with van der Waals surface area (Å²) in [7, 11) is 0. The Morgan fingerprint density at radius 2 is 2.12 bits per heavy atom. The molecule has 1 N–H and O–H groups in total. The van der Waals surface area contributed by atoms with Gasteiger partial charge in [0.05, 0.1) is 11.5 Å². The topological polar surface area (TPSA) is 55.4 Å². The lowest BCUT2D eigenvalue weighted by Crippen LogP contribution is -2.31. The predicted molar refractivity (Wildman–Crippen MR) is 93.9 cm³/mol. The number of aryl methyl sites for hydroxylation is 2. The highest BCUT2D eigenvalue weighted by Crippen LogP contribution is 2.39. The number of amides is 1. The first-order valence-corrected chi connectivity index (χ1v) is 9.18. The van der Waals surface area contributed by atoms with Gasteiger partial charge in [-0.2, -0.15) is 0 Å². The number of rotatable bonds is 2. The highest BCUT2D eigenvalue weighted by atomic mass is 32.1. The maximum Gasteiger partial charge on any atom is 0.407 e. The Morgan fingerprint density at radius 3 is 3.00 bits per heavy atom. The number of hydrogen-bond acceptors (Lipinski definition) is 4. The highest BCUT2D eigenvalue weighted by Gasteiger charge is 2.22. The second-order valence-electron chi connectivity index (χ2n) is 6.38. The van der Waals surface area contributed by atoms with Crippen molar-refractivity contribution in [3.63, 3.8) is 0 Å². The number of carbonyl (C=O) groups is 2. The predicted octanol–water partition coefficient (Wildman–Crippen LogP) is 3.93. The van der Waals surface area contributed by atoms with E-state index in [-0.39, 0.29) is 6.09 Å². The molecule has 0 unspecified atom stereocenters. The lowest BCUT2D eigenvalue weighted by molar-refractivity contribution is 0.112. The fourth-order valence-corrected chi connectivity index (χ4v) is 4.64. The second-order valence-corrected chi connectivity index (χ2v) is 7.54. The SMILES string of the molecule is O=Cc1cc2c(s1)CCc1cc([C@H]3CCCOC(=O)NC3)ccc1-2. The van der Waals surface area contributed by atoms with Crippen LogP contribution in [0.4, 0.5) is 4.79 Å². The Kier molecular flexibility index (Phi) is 4.10. The van der Waals surface area contributed by atoms with Crippen LogP contribution in [-0.4, -0.2) is 25.5 Å². The average Bonchev–Trinajstić information content (AvgIpc) is 3.02. The molecule has 4 nitrogen and oxygen atoms in total. The van der Waals surface area contributed by atoms with Crippen molar-refractivity contribution in [3.8, 4) is 11.1 Å². The minimum Gasteiger partial charge on any atom is -0.450 e.